The number of nitrogens with zero attached hydrogens (tertiary/aromatic N) is 2. The molecule has 1 aliphatic carbocycles. The van der Waals surface area contributed by atoms with Crippen molar-refractivity contribution < 1.29 is 22.9 Å². The maximum atomic E-state index is 11.1. The fourth-order valence-electron chi connectivity index (χ4n) is 1.71. The molecule has 1 aliphatic rings. The summed E-state index contributed by atoms with van der Waals surface area (Å²) in [5.74, 6) is 0. The van der Waals surface area contributed by atoms with Crippen LogP contribution in [0, 0.1) is 0 Å². The van der Waals surface area contributed by atoms with E-state index >= 15 is 0 Å². The third kappa shape index (κ3) is 2.62. The van der Waals surface area contributed by atoms with Crippen LogP contribution < -0.4 is 0 Å². The SMILES string of the molecule is [N-]=[N+]=C1C=Cc2c(cccc2S(=O)(=O)O)C1O.[Na]. The van der Waals surface area contributed by atoms with Crippen molar-refractivity contribution >= 4 is 51.5 Å². The Morgan fingerprint density at radius 3 is 2.50 bits per heavy atom. The van der Waals surface area contributed by atoms with E-state index < -0.39 is 16.2 Å². The average molecular weight is 275 g/mol. The van der Waals surface area contributed by atoms with Gasteiger partial charge in [-0.25, -0.2) is 0 Å². The van der Waals surface area contributed by atoms with Gasteiger partial charge in [-0.15, -0.1) is 0 Å². The summed E-state index contributed by atoms with van der Waals surface area (Å²) in [5, 5.41) is 9.79. The molecule has 0 aliphatic heterocycles. The van der Waals surface area contributed by atoms with Crippen molar-refractivity contribution in [1.82, 2.24) is 0 Å². The molecular formula is C10H8N2NaO4S. The van der Waals surface area contributed by atoms with Gasteiger partial charge in [-0.1, -0.05) is 12.1 Å². The van der Waals surface area contributed by atoms with Gasteiger partial charge >= 0.3 is 5.71 Å². The van der Waals surface area contributed by atoms with Crippen LogP contribution >= 0.6 is 0 Å². The quantitative estimate of drug-likeness (QED) is 0.332. The van der Waals surface area contributed by atoms with Crippen LogP contribution in [0.2, 0.25) is 0 Å². The first-order valence-corrected chi connectivity index (χ1v) is 6.07. The van der Waals surface area contributed by atoms with Crippen LogP contribution in [0.4, 0.5) is 0 Å². The number of rotatable bonds is 1. The van der Waals surface area contributed by atoms with Crippen LogP contribution in [-0.4, -0.2) is 58.1 Å². The second kappa shape index (κ2) is 5.46. The van der Waals surface area contributed by atoms with Crippen molar-refractivity contribution in [3.63, 3.8) is 0 Å². The first-order valence-electron chi connectivity index (χ1n) is 4.63. The standard InChI is InChI=1S/C10H8N2O4S.Na/c11-12-8-5-4-6-7(10(8)13)2-1-3-9(6)17(14,15)16;/h1-5,10,13H,(H,14,15,16);. The molecule has 8 heteroatoms. The van der Waals surface area contributed by atoms with Crippen LogP contribution in [0.25, 0.3) is 11.6 Å². The summed E-state index contributed by atoms with van der Waals surface area (Å²) in [6, 6.07) is 4.11. The van der Waals surface area contributed by atoms with E-state index in [2.05, 4.69) is 4.79 Å². The molecule has 0 heterocycles. The first kappa shape index (κ1) is 15.3. The number of hydrogen-bond donors (Lipinski definition) is 2. The van der Waals surface area contributed by atoms with Crippen LogP contribution in [0.5, 0.6) is 0 Å². The van der Waals surface area contributed by atoms with Gasteiger partial charge in [-0.2, -0.15) is 13.2 Å². The van der Waals surface area contributed by atoms with E-state index in [1.165, 1.54) is 30.4 Å². The minimum atomic E-state index is -4.36. The summed E-state index contributed by atoms with van der Waals surface area (Å²) in [6.45, 7) is 0. The molecule has 0 aromatic heterocycles. The van der Waals surface area contributed by atoms with Gasteiger partial charge in [0.25, 0.3) is 10.1 Å². The van der Waals surface area contributed by atoms with Gasteiger partial charge in [-0.05, 0) is 12.1 Å². The Labute approximate surface area is 126 Å². The molecule has 0 saturated heterocycles. The summed E-state index contributed by atoms with van der Waals surface area (Å²) in [7, 11) is -4.36. The van der Waals surface area contributed by atoms with E-state index in [0.717, 1.165) is 0 Å². The zero-order valence-corrected chi connectivity index (χ0v) is 12.3. The van der Waals surface area contributed by atoms with E-state index in [1.54, 1.807) is 0 Å². The fraction of sp³-hybridized carbons (Fsp3) is 0.100. The van der Waals surface area contributed by atoms with Gasteiger partial charge in [-0.3, -0.25) is 4.55 Å². The summed E-state index contributed by atoms with van der Waals surface area (Å²) >= 11 is 0. The largest absolute Gasteiger partial charge is 0.376 e. The third-order valence-electron chi connectivity index (χ3n) is 2.49. The van der Waals surface area contributed by atoms with E-state index in [0.29, 0.717) is 0 Å². The molecule has 1 atom stereocenters. The molecular weight excluding hydrogens is 267 g/mol. The molecule has 0 amide bonds. The Morgan fingerprint density at radius 1 is 1.28 bits per heavy atom. The van der Waals surface area contributed by atoms with Crippen molar-refractivity contribution in [3.05, 3.63) is 40.9 Å². The Bertz CT molecular complexity index is 662. The van der Waals surface area contributed by atoms with Crippen molar-refractivity contribution in [3.8, 4) is 0 Å². The Hall–Kier alpha value is -0.790. The molecule has 1 radical (unpaired) electrons. The van der Waals surface area contributed by atoms with Crippen LogP contribution in [0.15, 0.2) is 29.2 Å². The molecule has 0 fully saturated rings. The molecule has 2 N–H and O–H groups in total. The van der Waals surface area contributed by atoms with Crippen LogP contribution in [-0.2, 0) is 10.1 Å². The Morgan fingerprint density at radius 2 is 1.94 bits per heavy atom. The average Bonchev–Trinajstić information content (AvgIpc) is 2.28. The third-order valence-corrected chi connectivity index (χ3v) is 3.40. The monoisotopic (exact) mass is 275 g/mol. The van der Waals surface area contributed by atoms with Crippen LogP contribution in [0.3, 0.4) is 0 Å². The van der Waals surface area contributed by atoms with Gasteiger partial charge in [0.15, 0.2) is 6.10 Å². The molecule has 1 aromatic rings. The second-order valence-corrected chi connectivity index (χ2v) is 4.88. The molecule has 6 nitrogen and oxygen atoms in total. The van der Waals surface area contributed by atoms with Crippen molar-refractivity contribution in [2.24, 2.45) is 0 Å². The van der Waals surface area contributed by atoms with Crippen LogP contribution in [0.1, 0.15) is 17.2 Å². The van der Waals surface area contributed by atoms with Crippen molar-refractivity contribution in [2.45, 2.75) is 11.0 Å². The van der Waals surface area contributed by atoms with Gasteiger partial charge in [0.1, 0.15) is 4.90 Å². The number of aliphatic hydroxyl groups excluding tert-OH is 1. The molecule has 0 spiro atoms. The summed E-state index contributed by atoms with van der Waals surface area (Å²) in [5.41, 5.74) is 9.08. The smallest absolute Gasteiger partial charge is 0.324 e. The second-order valence-electron chi connectivity index (χ2n) is 3.49. The summed E-state index contributed by atoms with van der Waals surface area (Å²) < 4.78 is 31.3. The minimum Gasteiger partial charge on any atom is -0.376 e. The van der Waals surface area contributed by atoms with E-state index in [1.807, 2.05) is 0 Å². The molecule has 18 heavy (non-hydrogen) atoms. The maximum absolute atomic E-state index is 11.1. The molecule has 2 rings (SSSR count). The number of aliphatic hydroxyl groups is 1. The zero-order valence-electron chi connectivity index (χ0n) is 9.48. The number of benzene rings is 1. The Kier molecular flexibility index (Phi) is 4.63. The molecule has 0 bridgehead atoms. The molecule has 89 valence electrons. The van der Waals surface area contributed by atoms with Gasteiger partial charge in [0.05, 0.1) is 0 Å². The molecule has 0 saturated carbocycles. The first-order chi connectivity index (χ1) is 7.95. The predicted molar refractivity (Wildman–Crippen MR) is 64.6 cm³/mol. The maximum Gasteiger partial charge on any atom is 0.324 e. The van der Waals surface area contributed by atoms with Crippen molar-refractivity contribution in [1.29, 1.82) is 0 Å². The number of hydrogen-bond acceptors (Lipinski definition) is 3. The minimum absolute atomic E-state index is 0. The summed E-state index contributed by atoms with van der Waals surface area (Å²) in [6.07, 6.45) is 1.42. The normalized spacial score (nSPS) is 17.7. The Balaban J connectivity index is 0.00000162. The van der Waals surface area contributed by atoms with E-state index in [4.69, 9.17) is 10.1 Å². The van der Waals surface area contributed by atoms with Crippen molar-refractivity contribution in [2.75, 3.05) is 0 Å². The van der Waals surface area contributed by atoms with E-state index in [-0.39, 0.29) is 51.3 Å². The summed E-state index contributed by atoms with van der Waals surface area (Å²) in [4.78, 5) is 2.60. The predicted octanol–water partition coefficient (Wildman–Crippen LogP) is 0.284. The van der Waals surface area contributed by atoms with Gasteiger partial charge in [0.2, 0.25) is 0 Å². The molecule has 1 aromatic carbocycles. The fourth-order valence-corrected chi connectivity index (χ4v) is 2.42. The topological polar surface area (TPSA) is 111 Å². The zero-order chi connectivity index (χ0) is 12.6. The van der Waals surface area contributed by atoms with Gasteiger partial charge in [0, 0.05) is 46.8 Å². The van der Waals surface area contributed by atoms with Gasteiger partial charge < -0.3 is 10.6 Å². The van der Waals surface area contributed by atoms with E-state index in [9.17, 15) is 13.5 Å². The molecule has 1 unspecified atom stereocenters. The number of fused-ring (bicyclic) bond motifs is 1.